The minimum Gasteiger partial charge on any atom is -0.480 e. The molecular formula is C12H19NO7S. The molecule has 0 saturated carbocycles. The van der Waals surface area contributed by atoms with Crippen molar-refractivity contribution < 1.29 is 32.6 Å². The average molecular weight is 321 g/mol. The molecule has 2 heterocycles. The topological polar surface area (TPSA) is 110 Å². The van der Waals surface area contributed by atoms with Gasteiger partial charge in [-0.25, -0.2) is 18.0 Å². The molecule has 120 valence electrons. The van der Waals surface area contributed by atoms with E-state index in [0.717, 1.165) is 4.90 Å². The highest BCUT2D eigenvalue weighted by Crippen LogP contribution is 2.38. The van der Waals surface area contributed by atoms with E-state index in [1.165, 1.54) is 0 Å². The zero-order valence-corrected chi connectivity index (χ0v) is 13.0. The minimum atomic E-state index is -3.36. The van der Waals surface area contributed by atoms with Crippen LogP contribution in [0.2, 0.25) is 0 Å². The number of carbonyl (C=O) groups excluding carboxylic acids is 1. The number of aliphatic carboxylic acids is 1. The molecule has 9 heteroatoms. The van der Waals surface area contributed by atoms with Crippen LogP contribution >= 0.6 is 0 Å². The first-order chi connectivity index (χ1) is 9.46. The Morgan fingerprint density at radius 2 is 2.00 bits per heavy atom. The van der Waals surface area contributed by atoms with Gasteiger partial charge in [0.2, 0.25) is 0 Å². The molecule has 1 spiro atoms. The Bertz CT molecular complexity index is 565. The quantitative estimate of drug-likeness (QED) is 0.735. The maximum Gasteiger partial charge on any atom is 0.413 e. The summed E-state index contributed by atoms with van der Waals surface area (Å²) >= 11 is 0. The first-order valence-electron chi connectivity index (χ1n) is 6.55. The molecule has 2 rings (SSSR count). The predicted octanol–water partition coefficient (Wildman–Crippen LogP) is 0.222. The van der Waals surface area contributed by atoms with Crippen molar-refractivity contribution in [2.45, 2.75) is 44.6 Å². The van der Waals surface area contributed by atoms with Gasteiger partial charge in [0.25, 0.3) is 0 Å². The van der Waals surface area contributed by atoms with Crippen molar-refractivity contribution in [2.24, 2.45) is 0 Å². The van der Waals surface area contributed by atoms with Crippen LogP contribution in [0.3, 0.4) is 0 Å². The second-order valence-electron chi connectivity index (χ2n) is 6.30. The third-order valence-corrected chi connectivity index (χ3v) is 5.10. The van der Waals surface area contributed by atoms with E-state index in [2.05, 4.69) is 0 Å². The Hall–Kier alpha value is -1.35. The molecule has 21 heavy (non-hydrogen) atoms. The van der Waals surface area contributed by atoms with Gasteiger partial charge in [-0.3, -0.25) is 4.90 Å². The molecule has 2 unspecified atom stereocenters. The van der Waals surface area contributed by atoms with Gasteiger partial charge in [0.05, 0.1) is 18.1 Å². The van der Waals surface area contributed by atoms with Crippen LogP contribution in [0.15, 0.2) is 0 Å². The van der Waals surface area contributed by atoms with E-state index in [4.69, 9.17) is 9.47 Å². The fourth-order valence-corrected chi connectivity index (χ4v) is 4.38. The number of rotatable bonds is 1. The molecule has 2 aliphatic heterocycles. The predicted molar refractivity (Wildman–Crippen MR) is 71.5 cm³/mol. The first-order valence-corrected chi connectivity index (χ1v) is 8.37. The molecule has 2 saturated heterocycles. The normalized spacial score (nSPS) is 31.6. The molecule has 2 fully saturated rings. The molecule has 0 aliphatic carbocycles. The van der Waals surface area contributed by atoms with Crippen molar-refractivity contribution in [3.05, 3.63) is 0 Å². The van der Waals surface area contributed by atoms with Crippen LogP contribution in [0.25, 0.3) is 0 Å². The van der Waals surface area contributed by atoms with Gasteiger partial charge in [-0.2, -0.15) is 0 Å². The van der Waals surface area contributed by atoms with Crippen LogP contribution in [-0.4, -0.2) is 66.0 Å². The highest BCUT2D eigenvalue weighted by atomic mass is 32.2. The number of ether oxygens (including phenoxy) is 2. The van der Waals surface area contributed by atoms with Crippen LogP contribution in [0, 0.1) is 0 Å². The minimum absolute atomic E-state index is 0.0539. The summed E-state index contributed by atoms with van der Waals surface area (Å²) in [6, 6.07) is -1.24. The van der Waals surface area contributed by atoms with Crippen LogP contribution in [-0.2, 0) is 24.1 Å². The van der Waals surface area contributed by atoms with Gasteiger partial charge in [0, 0.05) is 6.42 Å². The van der Waals surface area contributed by atoms with Crippen molar-refractivity contribution in [1.82, 2.24) is 4.90 Å². The van der Waals surface area contributed by atoms with Crippen molar-refractivity contribution in [2.75, 3.05) is 18.1 Å². The first kappa shape index (κ1) is 16.0. The van der Waals surface area contributed by atoms with E-state index in [1.807, 2.05) is 0 Å². The molecule has 0 aromatic carbocycles. The summed E-state index contributed by atoms with van der Waals surface area (Å²) in [6.45, 7) is 4.70. The molecule has 0 radical (unpaired) electrons. The Balaban J connectivity index is 2.34. The Kier molecular flexibility index (Phi) is 3.69. The second-order valence-corrected chi connectivity index (χ2v) is 8.49. The van der Waals surface area contributed by atoms with Crippen molar-refractivity contribution in [1.29, 1.82) is 0 Å². The molecule has 1 N–H and O–H groups in total. The number of carboxylic acids is 1. The van der Waals surface area contributed by atoms with E-state index in [1.54, 1.807) is 20.8 Å². The Morgan fingerprint density at radius 1 is 1.38 bits per heavy atom. The van der Waals surface area contributed by atoms with E-state index < -0.39 is 45.0 Å². The molecular weight excluding hydrogens is 302 g/mol. The fraction of sp³-hybridized carbons (Fsp3) is 0.833. The summed E-state index contributed by atoms with van der Waals surface area (Å²) < 4.78 is 34.1. The summed E-state index contributed by atoms with van der Waals surface area (Å²) in [7, 11) is -3.36. The largest absolute Gasteiger partial charge is 0.480 e. The van der Waals surface area contributed by atoms with Gasteiger partial charge in [0.1, 0.15) is 5.60 Å². The average Bonchev–Trinajstić information content (AvgIpc) is 2.77. The number of amides is 1. The van der Waals surface area contributed by atoms with Gasteiger partial charge in [-0.05, 0) is 20.8 Å². The lowest BCUT2D eigenvalue weighted by Crippen LogP contribution is -2.55. The second kappa shape index (κ2) is 4.84. The lowest BCUT2D eigenvalue weighted by Gasteiger charge is -2.35. The maximum absolute atomic E-state index is 12.3. The zero-order chi connectivity index (χ0) is 16.1. The SMILES string of the molecule is CC(C)(C)OC(=O)N1C(C(=O)O)COC12CCS(=O)(=O)C2. The lowest BCUT2D eigenvalue weighted by molar-refractivity contribution is -0.143. The Labute approximate surface area is 122 Å². The lowest BCUT2D eigenvalue weighted by atomic mass is 10.1. The molecule has 1 amide bonds. The highest BCUT2D eigenvalue weighted by Gasteiger charge is 2.59. The summed E-state index contributed by atoms with van der Waals surface area (Å²) in [6.07, 6.45) is -0.817. The zero-order valence-electron chi connectivity index (χ0n) is 12.2. The molecule has 0 aromatic heterocycles. The summed E-state index contributed by atoms with van der Waals surface area (Å²) in [5.41, 5.74) is -2.24. The van der Waals surface area contributed by atoms with Crippen molar-refractivity contribution >= 4 is 21.9 Å². The van der Waals surface area contributed by atoms with Gasteiger partial charge in [0.15, 0.2) is 21.6 Å². The summed E-state index contributed by atoms with van der Waals surface area (Å²) in [5.74, 6) is -1.79. The number of carboxylic acid groups (broad SMARTS) is 1. The van der Waals surface area contributed by atoms with Crippen LogP contribution in [0.1, 0.15) is 27.2 Å². The highest BCUT2D eigenvalue weighted by molar-refractivity contribution is 7.91. The molecule has 2 aliphatic rings. The van der Waals surface area contributed by atoms with Crippen LogP contribution < -0.4 is 0 Å². The maximum atomic E-state index is 12.3. The summed E-state index contributed by atoms with van der Waals surface area (Å²) in [5, 5.41) is 9.23. The van der Waals surface area contributed by atoms with Gasteiger partial charge in [-0.1, -0.05) is 0 Å². The number of hydrogen-bond donors (Lipinski definition) is 1. The van der Waals surface area contributed by atoms with Crippen molar-refractivity contribution in [3.8, 4) is 0 Å². The van der Waals surface area contributed by atoms with E-state index in [0.29, 0.717) is 0 Å². The number of sulfone groups is 1. The molecule has 8 nitrogen and oxygen atoms in total. The molecule has 2 atom stereocenters. The van der Waals surface area contributed by atoms with E-state index in [-0.39, 0.29) is 18.8 Å². The van der Waals surface area contributed by atoms with Crippen molar-refractivity contribution in [3.63, 3.8) is 0 Å². The standard InChI is InChI=1S/C12H19NO7S/c1-11(2,3)20-10(16)13-8(9(14)15)6-19-12(13)4-5-21(17,18)7-12/h8H,4-7H2,1-3H3,(H,14,15). The number of carbonyl (C=O) groups is 2. The third-order valence-electron chi connectivity index (χ3n) is 3.38. The van der Waals surface area contributed by atoms with Crippen LogP contribution in [0.4, 0.5) is 4.79 Å². The van der Waals surface area contributed by atoms with Gasteiger partial charge >= 0.3 is 12.1 Å². The van der Waals surface area contributed by atoms with Crippen LogP contribution in [0.5, 0.6) is 0 Å². The molecule has 0 aromatic rings. The number of nitrogens with zero attached hydrogens (tertiary/aromatic N) is 1. The van der Waals surface area contributed by atoms with E-state index in [9.17, 15) is 23.1 Å². The third kappa shape index (κ3) is 3.13. The Morgan fingerprint density at radius 3 is 2.43 bits per heavy atom. The van der Waals surface area contributed by atoms with E-state index >= 15 is 0 Å². The van der Waals surface area contributed by atoms with Gasteiger partial charge in [-0.15, -0.1) is 0 Å². The smallest absolute Gasteiger partial charge is 0.413 e. The summed E-state index contributed by atoms with van der Waals surface area (Å²) in [4.78, 5) is 24.6. The monoisotopic (exact) mass is 321 g/mol. The van der Waals surface area contributed by atoms with Gasteiger partial charge < -0.3 is 14.6 Å². The number of hydrogen-bond acceptors (Lipinski definition) is 6. The molecule has 0 bridgehead atoms. The fourth-order valence-electron chi connectivity index (χ4n) is 2.56.